The summed E-state index contributed by atoms with van der Waals surface area (Å²) in [7, 11) is -3.81. The van der Waals surface area contributed by atoms with Gasteiger partial charge in [0.05, 0.1) is 10.6 Å². The van der Waals surface area contributed by atoms with Crippen LogP contribution in [0.15, 0.2) is 32.3 Å². The first-order valence-electron chi connectivity index (χ1n) is 6.80. The van der Waals surface area contributed by atoms with Crippen molar-refractivity contribution in [2.24, 2.45) is 0 Å². The maximum atomic E-state index is 12.5. The summed E-state index contributed by atoms with van der Waals surface area (Å²) in [5, 5.41) is 10.6. The monoisotopic (exact) mass is 404 g/mol. The summed E-state index contributed by atoms with van der Waals surface area (Å²) in [6, 6.07) is 4.57. The van der Waals surface area contributed by atoms with E-state index in [0.717, 1.165) is 10.6 Å². The zero-order valence-corrected chi connectivity index (χ0v) is 16.5. The molecule has 1 aromatic carbocycles. The van der Waals surface area contributed by atoms with E-state index in [9.17, 15) is 13.2 Å². The van der Waals surface area contributed by atoms with E-state index in [1.807, 2.05) is 13.2 Å². The number of rotatable bonds is 7. The molecule has 0 atom stereocenters. The van der Waals surface area contributed by atoms with Crippen LogP contribution in [0.1, 0.15) is 13.8 Å². The highest BCUT2D eigenvalue weighted by Crippen LogP contribution is 2.30. The first-order chi connectivity index (χ1) is 11.4. The molecule has 2 N–H and O–H groups in total. The molecule has 0 aliphatic carbocycles. The minimum absolute atomic E-state index is 0.0453. The Morgan fingerprint density at radius 2 is 2.08 bits per heavy atom. The molecule has 0 spiro atoms. The van der Waals surface area contributed by atoms with Crippen molar-refractivity contribution in [3.8, 4) is 0 Å². The number of benzene rings is 1. The average Bonchev–Trinajstić information content (AvgIpc) is 2.93. The summed E-state index contributed by atoms with van der Waals surface area (Å²) in [5.74, 6) is 0.565. The van der Waals surface area contributed by atoms with Gasteiger partial charge in [-0.15, -0.1) is 22.0 Å². The Bertz CT molecular complexity index is 835. The van der Waals surface area contributed by atoms with Gasteiger partial charge in [-0.2, -0.15) is 0 Å². The Kier molecular flexibility index (Phi) is 6.49. The summed E-state index contributed by atoms with van der Waals surface area (Å²) < 4.78 is 28.1. The van der Waals surface area contributed by atoms with Crippen LogP contribution in [0.2, 0.25) is 0 Å². The Labute approximate surface area is 153 Å². The van der Waals surface area contributed by atoms with Gasteiger partial charge >= 0.3 is 0 Å². The van der Waals surface area contributed by atoms with E-state index in [1.54, 1.807) is 6.07 Å². The van der Waals surface area contributed by atoms with Gasteiger partial charge in [-0.1, -0.05) is 30.0 Å². The number of nitrogens with zero attached hydrogens (tertiary/aromatic N) is 2. The normalized spacial score (nSPS) is 11.3. The molecular weight excluding hydrogens is 388 g/mol. The predicted molar refractivity (Wildman–Crippen MR) is 99.6 cm³/mol. The fourth-order valence-corrected chi connectivity index (χ4v) is 5.19. The van der Waals surface area contributed by atoms with Crippen LogP contribution in [-0.2, 0) is 14.8 Å². The summed E-state index contributed by atoms with van der Waals surface area (Å²) in [6.45, 7) is 3.35. The average molecular weight is 405 g/mol. The molecule has 0 aliphatic rings. The van der Waals surface area contributed by atoms with Crippen LogP contribution >= 0.6 is 34.9 Å². The highest BCUT2D eigenvalue weighted by molar-refractivity contribution is 8.01. The van der Waals surface area contributed by atoms with Crippen molar-refractivity contribution in [2.45, 2.75) is 28.0 Å². The number of amides is 1. The van der Waals surface area contributed by atoms with Gasteiger partial charge in [0, 0.05) is 11.8 Å². The maximum Gasteiger partial charge on any atom is 0.263 e. The van der Waals surface area contributed by atoms with Gasteiger partial charge in [-0.3, -0.25) is 9.52 Å². The van der Waals surface area contributed by atoms with Crippen LogP contribution in [0.3, 0.4) is 0 Å². The van der Waals surface area contributed by atoms with E-state index in [4.69, 9.17) is 0 Å². The number of anilines is 2. The Morgan fingerprint density at radius 1 is 1.33 bits per heavy atom. The molecule has 1 heterocycles. The summed E-state index contributed by atoms with van der Waals surface area (Å²) >= 11 is 4.09. The van der Waals surface area contributed by atoms with Crippen molar-refractivity contribution in [1.82, 2.24) is 10.2 Å². The molecule has 0 unspecified atom stereocenters. The van der Waals surface area contributed by atoms with Crippen molar-refractivity contribution in [2.75, 3.05) is 22.0 Å². The van der Waals surface area contributed by atoms with Crippen LogP contribution < -0.4 is 10.0 Å². The van der Waals surface area contributed by atoms with E-state index in [-0.39, 0.29) is 15.9 Å². The Hall–Kier alpha value is -1.30. The highest BCUT2D eigenvalue weighted by atomic mass is 32.2. The molecule has 1 aromatic heterocycles. The van der Waals surface area contributed by atoms with Crippen molar-refractivity contribution >= 4 is 61.6 Å². The molecule has 1 amide bonds. The largest absolute Gasteiger partial charge is 0.325 e. The number of aromatic nitrogens is 2. The van der Waals surface area contributed by atoms with Crippen molar-refractivity contribution in [3.63, 3.8) is 0 Å². The molecule has 2 rings (SSSR count). The number of hydrogen-bond donors (Lipinski definition) is 2. The third kappa shape index (κ3) is 4.85. The minimum atomic E-state index is -3.81. The van der Waals surface area contributed by atoms with Crippen LogP contribution in [0.4, 0.5) is 10.8 Å². The van der Waals surface area contributed by atoms with Gasteiger partial charge in [0.1, 0.15) is 0 Å². The second kappa shape index (κ2) is 8.19. The van der Waals surface area contributed by atoms with E-state index in [0.29, 0.717) is 10.0 Å². The molecule has 11 heteroatoms. The van der Waals surface area contributed by atoms with Crippen LogP contribution in [0.25, 0.3) is 0 Å². The second-order valence-corrected chi connectivity index (χ2v) is 9.47. The summed E-state index contributed by atoms with van der Waals surface area (Å²) in [6.07, 6.45) is 1.85. The number of carbonyl (C=O) groups excluding carboxylic acids is 1. The van der Waals surface area contributed by atoms with E-state index in [1.165, 1.54) is 53.9 Å². The van der Waals surface area contributed by atoms with Crippen molar-refractivity contribution < 1.29 is 13.2 Å². The first-order valence-corrected chi connectivity index (χ1v) is 11.3. The lowest BCUT2D eigenvalue weighted by molar-refractivity contribution is -0.114. The van der Waals surface area contributed by atoms with Gasteiger partial charge in [0.2, 0.25) is 11.0 Å². The lowest BCUT2D eigenvalue weighted by Gasteiger charge is -2.11. The van der Waals surface area contributed by atoms with E-state index in [2.05, 4.69) is 20.2 Å². The topological polar surface area (TPSA) is 101 Å². The van der Waals surface area contributed by atoms with E-state index >= 15 is 0 Å². The summed E-state index contributed by atoms with van der Waals surface area (Å²) in [5.41, 5.74) is 0.456. The minimum Gasteiger partial charge on any atom is -0.325 e. The van der Waals surface area contributed by atoms with Gasteiger partial charge in [0.25, 0.3) is 10.0 Å². The molecule has 0 saturated carbocycles. The fourth-order valence-electron chi connectivity index (χ4n) is 1.75. The van der Waals surface area contributed by atoms with Gasteiger partial charge in [-0.05, 0) is 30.2 Å². The number of carbonyl (C=O) groups is 1. The molecule has 0 aliphatic heterocycles. The fraction of sp³-hybridized carbons (Fsp3) is 0.308. The first kappa shape index (κ1) is 19.0. The lowest BCUT2D eigenvalue weighted by atomic mass is 10.3. The third-order valence-electron chi connectivity index (χ3n) is 2.69. The van der Waals surface area contributed by atoms with Gasteiger partial charge < -0.3 is 5.32 Å². The molecule has 0 radical (unpaired) electrons. The van der Waals surface area contributed by atoms with Gasteiger partial charge in [-0.25, -0.2) is 8.42 Å². The third-order valence-corrected chi connectivity index (χ3v) is 6.80. The van der Waals surface area contributed by atoms with Crippen molar-refractivity contribution in [3.05, 3.63) is 18.2 Å². The molecule has 7 nitrogen and oxygen atoms in total. The lowest BCUT2D eigenvalue weighted by Crippen LogP contribution is -2.14. The molecule has 0 bridgehead atoms. The number of nitrogens with one attached hydrogen (secondary N) is 2. The second-order valence-electron chi connectivity index (χ2n) is 4.45. The quantitative estimate of drug-likeness (QED) is 0.684. The van der Waals surface area contributed by atoms with E-state index < -0.39 is 10.0 Å². The predicted octanol–water partition coefficient (Wildman–Crippen LogP) is 3.13. The zero-order chi connectivity index (χ0) is 17.7. The summed E-state index contributed by atoms with van der Waals surface area (Å²) in [4.78, 5) is 12.1. The molecular formula is C13H16N4O3S4. The molecule has 0 saturated heterocycles. The zero-order valence-electron chi connectivity index (χ0n) is 13.2. The molecule has 2 aromatic rings. The Balaban J connectivity index is 2.29. The SMILES string of the molecule is CCSc1nnc(NS(=O)(=O)c2ccc(SC)c(NC(C)=O)c2)s1. The van der Waals surface area contributed by atoms with Crippen molar-refractivity contribution in [1.29, 1.82) is 0 Å². The van der Waals surface area contributed by atoms with Crippen LogP contribution in [0, 0.1) is 0 Å². The van der Waals surface area contributed by atoms with Crippen LogP contribution in [0.5, 0.6) is 0 Å². The Morgan fingerprint density at radius 3 is 2.71 bits per heavy atom. The number of hydrogen-bond acceptors (Lipinski definition) is 8. The molecule has 24 heavy (non-hydrogen) atoms. The molecule has 0 fully saturated rings. The standard InChI is InChI=1S/C13H16N4O3S4/c1-4-22-13-16-15-12(23-13)17-24(19,20)9-5-6-11(21-3)10(7-9)14-8(2)18/h5-7H,4H2,1-3H3,(H,14,18)(H,15,17). The highest BCUT2D eigenvalue weighted by Gasteiger charge is 2.19. The van der Waals surface area contributed by atoms with Gasteiger partial charge in [0.15, 0.2) is 4.34 Å². The number of sulfonamides is 1. The van der Waals surface area contributed by atoms with Crippen LogP contribution in [-0.4, -0.2) is 36.5 Å². The number of thioether (sulfide) groups is 2. The smallest absolute Gasteiger partial charge is 0.263 e. The molecule has 130 valence electrons. The maximum absolute atomic E-state index is 12.5.